The van der Waals surface area contributed by atoms with Gasteiger partial charge in [-0.15, -0.1) is 0 Å². The van der Waals surface area contributed by atoms with Crippen molar-refractivity contribution in [3.63, 3.8) is 0 Å². The summed E-state index contributed by atoms with van der Waals surface area (Å²) in [6.07, 6.45) is 78.9. The van der Waals surface area contributed by atoms with Crippen molar-refractivity contribution in [2.45, 2.75) is 418 Å². The van der Waals surface area contributed by atoms with Crippen LogP contribution < -0.4 is 5.32 Å². The highest BCUT2D eigenvalue weighted by Gasteiger charge is 2.20. The third kappa shape index (κ3) is 61.9. The zero-order valence-corrected chi connectivity index (χ0v) is 51.3. The van der Waals surface area contributed by atoms with Gasteiger partial charge in [0.25, 0.3) is 0 Å². The molecule has 75 heavy (non-hydrogen) atoms. The van der Waals surface area contributed by atoms with Gasteiger partial charge in [-0.2, -0.15) is 0 Å². The van der Waals surface area contributed by atoms with Gasteiger partial charge < -0.3 is 20.3 Å². The van der Waals surface area contributed by atoms with E-state index in [0.717, 1.165) is 38.5 Å². The fourth-order valence-electron chi connectivity index (χ4n) is 11.4. The lowest BCUT2D eigenvalue weighted by atomic mass is 10.0. The van der Waals surface area contributed by atoms with E-state index in [9.17, 15) is 19.8 Å². The number of amides is 1. The molecule has 0 aliphatic heterocycles. The Morgan fingerprint density at radius 1 is 0.320 bits per heavy atom. The summed E-state index contributed by atoms with van der Waals surface area (Å²) in [5.41, 5.74) is 0. The van der Waals surface area contributed by atoms with Crippen LogP contribution in [0.15, 0.2) is 0 Å². The molecule has 2 unspecified atom stereocenters. The first-order valence-corrected chi connectivity index (χ1v) is 34.8. The Kier molecular flexibility index (Phi) is 64.4. The molecule has 6 heteroatoms. The number of nitrogens with one attached hydrogen (secondary N) is 1. The van der Waals surface area contributed by atoms with E-state index < -0.39 is 12.1 Å². The highest BCUT2D eigenvalue weighted by Crippen LogP contribution is 2.19. The van der Waals surface area contributed by atoms with Crippen LogP contribution in [-0.4, -0.2) is 47.4 Å². The van der Waals surface area contributed by atoms with Crippen molar-refractivity contribution in [1.29, 1.82) is 0 Å². The molecule has 1 amide bonds. The molecule has 0 heterocycles. The van der Waals surface area contributed by atoms with Crippen molar-refractivity contribution in [1.82, 2.24) is 5.32 Å². The molecule has 6 nitrogen and oxygen atoms in total. The first kappa shape index (κ1) is 73.9. The molecule has 0 aromatic heterocycles. The van der Waals surface area contributed by atoms with Crippen LogP contribution >= 0.6 is 0 Å². The van der Waals surface area contributed by atoms with E-state index in [2.05, 4.69) is 19.2 Å². The maximum absolute atomic E-state index is 12.4. The van der Waals surface area contributed by atoms with Crippen molar-refractivity contribution < 1.29 is 24.5 Å². The third-order valence-electron chi connectivity index (χ3n) is 16.7. The zero-order chi connectivity index (χ0) is 54.3. The lowest BCUT2D eigenvalue weighted by Gasteiger charge is -2.22. The molecule has 0 bridgehead atoms. The number of aliphatic hydroxyl groups excluding tert-OH is 2. The monoisotopic (exact) mass is 1060 g/mol. The van der Waals surface area contributed by atoms with E-state index in [-0.39, 0.29) is 18.5 Å². The summed E-state index contributed by atoms with van der Waals surface area (Å²) < 4.78 is 5.51. The average molecular weight is 1060 g/mol. The lowest BCUT2D eigenvalue weighted by Crippen LogP contribution is -2.45. The third-order valence-corrected chi connectivity index (χ3v) is 16.7. The number of unbranched alkanes of at least 4 members (excludes halogenated alkanes) is 55. The molecule has 3 N–H and O–H groups in total. The Morgan fingerprint density at radius 2 is 0.547 bits per heavy atom. The Labute approximate surface area is 470 Å². The van der Waals surface area contributed by atoms with Crippen LogP contribution in [0.5, 0.6) is 0 Å². The largest absolute Gasteiger partial charge is 0.466 e. The average Bonchev–Trinajstić information content (AvgIpc) is 3.41. The molecule has 0 fully saturated rings. The maximum atomic E-state index is 12.4. The van der Waals surface area contributed by atoms with Crippen LogP contribution in [0.4, 0.5) is 0 Å². The Hall–Kier alpha value is -1.14. The molecule has 0 saturated heterocycles. The summed E-state index contributed by atoms with van der Waals surface area (Å²) in [6, 6.07) is -0.534. The molecule has 0 aromatic carbocycles. The molecule has 2 atom stereocenters. The number of ether oxygens (including phenoxy) is 1. The van der Waals surface area contributed by atoms with Crippen LogP contribution in [0.2, 0.25) is 0 Å². The summed E-state index contributed by atoms with van der Waals surface area (Å²) in [6.45, 7) is 4.98. The SMILES string of the molecule is CCCCCCCCCCCCCCCCCCCC(=O)OCCCCCCCCCCCCCCCCCCCCCCCCCCCCCCCCCCC(=O)NC(CO)C(O)CCCCCCCCCCC. The molecule has 0 saturated carbocycles. The van der Waals surface area contributed by atoms with Crippen LogP contribution in [0.1, 0.15) is 406 Å². The van der Waals surface area contributed by atoms with Gasteiger partial charge in [-0.3, -0.25) is 9.59 Å². The predicted octanol–water partition coefficient (Wildman–Crippen LogP) is 22.2. The molecule has 0 aliphatic carbocycles. The maximum Gasteiger partial charge on any atom is 0.305 e. The van der Waals surface area contributed by atoms with Gasteiger partial charge in [0.2, 0.25) is 5.91 Å². The molecule has 448 valence electrons. The van der Waals surface area contributed by atoms with E-state index >= 15 is 0 Å². The second kappa shape index (κ2) is 65.4. The van der Waals surface area contributed by atoms with E-state index in [0.29, 0.717) is 25.9 Å². The number of aliphatic hydroxyl groups is 2. The van der Waals surface area contributed by atoms with Crippen LogP contribution in [0, 0.1) is 0 Å². The lowest BCUT2D eigenvalue weighted by molar-refractivity contribution is -0.143. The molecule has 0 radical (unpaired) electrons. The Bertz CT molecular complexity index is 1080. The van der Waals surface area contributed by atoms with Gasteiger partial charge in [0.05, 0.1) is 25.4 Å². The minimum absolute atomic E-state index is 0.0262. The van der Waals surface area contributed by atoms with Gasteiger partial charge in [-0.1, -0.05) is 367 Å². The highest BCUT2D eigenvalue weighted by atomic mass is 16.5. The van der Waals surface area contributed by atoms with Crippen molar-refractivity contribution in [3.8, 4) is 0 Å². The van der Waals surface area contributed by atoms with Gasteiger partial charge in [0, 0.05) is 12.8 Å². The standard InChI is InChI=1S/C69H137NO5/c1-3-5-7-9-11-13-14-15-16-33-37-40-43-47-51-55-59-63-69(74)75-64-60-56-52-48-44-41-38-35-32-30-28-26-24-22-20-18-17-19-21-23-25-27-29-31-34-36-39-42-46-50-54-58-62-68(73)70-66(65-71)67(72)61-57-53-49-45-12-10-8-6-4-2/h66-67,71-72H,3-65H2,1-2H3,(H,70,73). The van der Waals surface area contributed by atoms with Crippen molar-refractivity contribution in [2.75, 3.05) is 13.2 Å². The van der Waals surface area contributed by atoms with Crippen molar-refractivity contribution >= 4 is 11.9 Å². The normalized spacial score (nSPS) is 12.4. The quantitative estimate of drug-likeness (QED) is 0.0417. The van der Waals surface area contributed by atoms with Gasteiger partial charge >= 0.3 is 5.97 Å². The number of esters is 1. The van der Waals surface area contributed by atoms with Gasteiger partial charge in [0.15, 0.2) is 0 Å². The summed E-state index contributed by atoms with van der Waals surface area (Å²) in [5, 5.41) is 23.1. The first-order chi connectivity index (χ1) is 37.0. The van der Waals surface area contributed by atoms with E-state index in [1.165, 1.54) is 334 Å². The smallest absolute Gasteiger partial charge is 0.305 e. The van der Waals surface area contributed by atoms with Crippen LogP contribution in [0.3, 0.4) is 0 Å². The highest BCUT2D eigenvalue weighted by molar-refractivity contribution is 5.76. The predicted molar refractivity (Wildman–Crippen MR) is 329 cm³/mol. The van der Waals surface area contributed by atoms with Crippen LogP contribution in [0.25, 0.3) is 0 Å². The summed E-state index contributed by atoms with van der Waals surface area (Å²) >= 11 is 0. The minimum Gasteiger partial charge on any atom is -0.466 e. The van der Waals surface area contributed by atoms with Crippen molar-refractivity contribution in [3.05, 3.63) is 0 Å². The first-order valence-electron chi connectivity index (χ1n) is 34.8. The summed E-state index contributed by atoms with van der Waals surface area (Å²) in [4.78, 5) is 24.5. The molecule has 0 aliphatic rings. The fourth-order valence-corrected chi connectivity index (χ4v) is 11.4. The number of carbonyl (C=O) groups excluding carboxylic acids is 2. The second-order valence-electron chi connectivity index (χ2n) is 24.2. The fraction of sp³-hybridized carbons (Fsp3) is 0.971. The molecule has 0 aromatic rings. The summed E-state index contributed by atoms with van der Waals surface area (Å²) in [5.74, 6) is -0.00428. The number of hydrogen-bond donors (Lipinski definition) is 3. The second-order valence-corrected chi connectivity index (χ2v) is 24.2. The molecule has 0 spiro atoms. The van der Waals surface area contributed by atoms with E-state index in [1.54, 1.807) is 0 Å². The topological polar surface area (TPSA) is 95.9 Å². The Balaban J connectivity index is 3.26. The van der Waals surface area contributed by atoms with Gasteiger partial charge in [-0.05, 0) is 25.7 Å². The molecule has 0 rings (SSSR count). The number of hydrogen-bond acceptors (Lipinski definition) is 5. The van der Waals surface area contributed by atoms with E-state index in [1.807, 2.05) is 0 Å². The Morgan fingerprint density at radius 3 is 0.813 bits per heavy atom. The number of rotatable bonds is 66. The van der Waals surface area contributed by atoms with E-state index in [4.69, 9.17) is 4.74 Å². The van der Waals surface area contributed by atoms with Crippen LogP contribution in [-0.2, 0) is 14.3 Å². The van der Waals surface area contributed by atoms with Gasteiger partial charge in [0.1, 0.15) is 0 Å². The van der Waals surface area contributed by atoms with Crippen molar-refractivity contribution in [2.24, 2.45) is 0 Å². The minimum atomic E-state index is -0.657. The van der Waals surface area contributed by atoms with Gasteiger partial charge in [-0.25, -0.2) is 0 Å². The molecular weight excluding hydrogens is 923 g/mol. The zero-order valence-electron chi connectivity index (χ0n) is 51.3. The number of carbonyl (C=O) groups is 2. The summed E-state index contributed by atoms with van der Waals surface area (Å²) in [7, 11) is 0. The molecular formula is C69H137NO5.